The van der Waals surface area contributed by atoms with E-state index in [0.29, 0.717) is 0 Å². The first-order valence-electron chi connectivity index (χ1n) is 5.57. The highest BCUT2D eigenvalue weighted by molar-refractivity contribution is 4.88. The lowest BCUT2D eigenvalue weighted by atomic mass is 10.1. The zero-order chi connectivity index (χ0) is 12.2. The van der Waals surface area contributed by atoms with Crippen molar-refractivity contribution in [2.24, 2.45) is 0 Å². The van der Waals surface area contributed by atoms with Crippen LogP contribution in [0.3, 0.4) is 0 Å². The minimum atomic E-state index is -0.542. The number of hydrogen-bond acceptors (Lipinski definition) is 4. The summed E-state index contributed by atoms with van der Waals surface area (Å²) >= 11 is 0. The number of rotatable bonds is 6. The molecule has 0 aromatic carbocycles. The van der Waals surface area contributed by atoms with E-state index >= 15 is 0 Å². The molecule has 0 bridgehead atoms. The third-order valence-corrected chi connectivity index (χ3v) is 2.52. The van der Waals surface area contributed by atoms with Crippen molar-refractivity contribution in [3.8, 4) is 0 Å². The largest absolute Gasteiger partial charge is 0.359 e. The highest BCUT2D eigenvalue weighted by Crippen LogP contribution is 2.31. The van der Waals surface area contributed by atoms with Crippen LogP contribution in [0.5, 0.6) is 0 Å². The smallest absolute Gasteiger partial charge is 0.163 e. The van der Waals surface area contributed by atoms with Crippen molar-refractivity contribution in [3.63, 3.8) is 0 Å². The molecule has 0 saturated carbocycles. The summed E-state index contributed by atoms with van der Waals surface area (Å²) in [6, 6.07) is 0. The van der Waals surface area contributed by atoms with Gasteiger partial charge in [0.15, 0.2) is 5.79 Å². The Hall–Kier alpha value is -0.420. The molecule has 1 heterocycles. The van der Waals surface area contributed by atoms with E-state index in [0.717, 1.165) is 6.42 Å². The molecule has 0 aliphatic carbocycles. The lowest BCUT2D eigenvalue weighted by molar-refractivity contribution is -0.169. The van der Waals surface area contributed by atoms with Crippen molar-refractivity contribution in [2.75, 3.05) is 13.9 Å². The predicted molar refractivity (Wildman–Crippen MR) is 61.1 cm³/mol. The van der Waals surface area contributed by atoms with E-state index in [1.807, 2.05) is 26.8 Å². The van der Waals surface area contributed by atoms with Crippen LogP contribution in [-0.4, -0.2) is 38.0 Å². The average Bonchev–Trinajstić information content (AvgIpc) is 2.47. The van der Waals surface area contributed by atoms with Crippen LogP contribution in [0.15, 0.2) is 12.7 Å². The zero-order valence-corrected chi connectivity index (χ0v) is 10.6. The first-order chi connectivity index (χ1) is 7.50. The van der Waals surface area contributed by atoms with Crippen LogP contribution >= 0.6 is 0 Å². The second kappa shape index (κ2) is 5.77. The van der Waals surface area contributed by atoms with Crippen LogP contribution in [0, 0.1) is 0 Å². The molecule has 3 atom stereocenters. The molecule has 0 aromatic heterocycles. The van der Waals surface area contributed by atoms with Gasteiger partial charge in [-0.25, -0.2) is 0 Å². The maximum atomic E-state index is 5.82. The molecule has 4 nitrogen and oxygen atoms in total. The van der Waals surface area contributed by atoms with Crippen molar-refractivity contribution in [1.29, 1.82) is 0 Å². The van der Waals surface area contributed by atoms with E-state index in [1.54, 1.807) is 7.11 Å². The molecule has 1 rings (SSSR count). The average molecular weight is 230 g/mol. The second-order valence-electron chi connectivity index (χ2n) is 4.44. The van der Waals surface area contributed by atoms with Gasteiger partial charge in [-0.05, 0) is 27.2 Å². The lowest BCUT2D eigenvalue weighted by Crippen LogP contribution is -2.36. The maximum Gasteiger partial charge on any atom is 0.163 e. The minimum Gasteiger partial charge on any atom is -0.359 e. The van der Waals surface area contributed by atoms with E-state index in [2.05, 4.69) is 6.58 Å². The fraction of sp³-hybridized carbons (Fsp3) is 0.833. The second-order valence-corrected chi connectivity index (χ2v) is 4.44. The number of hydrogen-bond donors (Lipinski definition) is 0. The summed E-state index contributed by atoms with van der Waals surface area (Å²) in [6.07, 6.45) is 2.40. The van der Waals surface area contributed by atoms with Gasteiger partial charge in [0.1, 0.15) is 12.9 Å². The summed E-state index contributed by atoms with van der Waals surface area (Å²) in [5.74, 6) is -0.542. The maximum absolute atomic E-state index is 5.82. The summed E-state index contributed by atoms with van der Waals surface area (Å²) in [7, 11) is 1.60. The highest BCUT2D eigenvalue weighted by Gasteiger charge is 2.42. The molecule has 1 aliphatic rings. The number of methoxy groups -OCH3 is 1. The van der Waals surface area contributed by atoms with E-state index in [1.165, 1.54) is 0 Å². The first kappa shape index (κ1) is 13.6. The Bertz CT molecular complexity index is 227. The SMILES string of the molecule is C=CC[C@@H](OCOC)[C@@H]1OC(C)(C)O[C@@H]1C. The van der Waals surface area contributed by atoms with Gasteiger partial charge in [-0.1, -0.05) is 6.08 Å². The van der Waals surface area contributed by atoms with Gasteiger partial charge in [0.25, 0.3) is 0 Å². The van der Waals surface area contributed by atoms with Crippen molar-refractivity contribution in [1.82, 2.24) is 0 Å². The lowest BCUT2D eigenvalue weighted by Gasteiger charge is -2.24. The van der Waals surface area contributed by atoms with Crippen LogP contribution in [0.25, 0.3) is 0 Å². The van der Waals surface area contributed by atoms with Gasteiger partial charge in [-0.15, -0.1) is 6.58 Å². The van der Waals surface area contributed by atoms with Crippen LogP contribution in [0.2, 0.25) is 0 Å². The Balaban J connectivity index is 2.59. The molecule has 4 heteroatoms. The van der Waals surface area contributed by atoms with Crippen molar-refractivity contribution >= 4 is 0 Å². The summed E-state index contributed by atoms with van der Waals surface area (Å²) in [4.78, 5) is 0. The van der Waals surface area contributed by atoms with Gasteiger partial charge >= 0.3 is 0 Å². The topological polar surface area (TPSA) is 36.9 Å². The Morgan fingerprint density at radius 3 is 2.56 bits per heavy atom. The van der Waals surface area contributed by atoms with E-state index in [4.69, 9.17) is 18.9 Å². The van der Waals surface area contributed by atoms with Crippen LogP contribution < -0.4 is 0 Å². The molecule has 0 N–H and O–H groups in total. The highest BCUT2D eigenvalue weighted by atomic mass is 16.8. The molecule has 1 saturated heterocycles. The molecule has 1 aliphatic heterocycles. The zero-order valence-electron chi connectivity index (χ0n) is 10.6. The first-order valence-corrected chi connectivity index (χ1v) is 5.57. The van der Waals surface area contributed by atoms with Gasteiger partial charge < -0.3 is 18.9 Å². The molecular weight excluding hydrogens is 208 g/mol. The summed E-state index contributed by atoms with van der Waals surface area (Å²) in [6.45, 7) is 9.79. The Labute approximate surface area is 97.5 Å². The molecule has 0 unspecified atom stereocenters. The summed E-state index contributed by atoms with van der Waals surface area (Å²) in [5.41, 5.74) is 0. The van der Waals surface area contributed by atoms with Gasteiger partial charge in [0.2, 0.25) is 0 Å². The van der Waals surface area contributed by atoms with Crippen LogP contribution in [0.1, 0.15) is 27.2 Å². The van der Waals surface area contributed by atoms with Crippen molar-refractivity contribution < 1.29 is 18.9 Å². The van der Waals surface area contributed by atoms with E-state index in [-0.39, 0.29) is 25.1 Å². The molecule has 94 valence electrons. The van der Waals surface area contributed by atoms with E-state index in [9.17, 15) is 0 Å². The molecule has 0 spiro atoms. The van der Waals surface area contributed by atoms with Crippen molar-refractivity contribution in [3.05, 3.63) is 12.7 Å². The van der Waals surface area contributed by atoms with Gasteiger partial charge in [0, 0.05) is 7.11 Å². The molecule has 0 radical (unpaired) electrons. The van der Waals surface area contributed by atoms with Gasteiger partial charge in [-0.2, -0.15) is 0 Å². The summed E-state index contributed by atoms with van der Waals surface area (Å²) in [5, 5.41) is 0. The van der Waals surface area contributed by atoms with Gasteiger partial charge in [-0.3, -0.25) is 0 Å². The fourth-order valence-electron chi connectivity index (χ4n) is 1.96. The molecule has 16 heavy (non-hydrogen) atoms. The molecular formula is C12H22O4. The molecule has 1 fully saturated rings. The molecule has 0 aromatic rings. The van der Waals surface area contributed by atoms with Crippen LogP contribution in [0.4, 0.5) is 0 Å². The van der Waals surface area contributed by atoms with Crippen LogP contribution in [-0.2, 0) is 18.9 Å². The summed E-state index contributed by atoms with van der Waals surface area (Å²) < 4.78 is 22.0. The fourth-order valence-corrected chi connectivity index (χ4v) is 1.96. The Morgan fingerprint density at radius 1 is 1.44 bits per heavy atom. The minimum absolute atomic E-state index is 0.0109. The monoisotopic (exact) mass is 230 g/mol. The van der Waals surface area contributed by atoms with E-state index < -0.39 is 5.79 Å². The standard InChI is InChI=1S/C12H22O4/c1-6-7-10(14-8-13-5)11-9(2)15-12(3,4)16-11/h6,9-11H,1,7-8H2,2-5H3/t9-,10-,11-/m1/s1. The quantitative estimate of drug-likeness (QED) is 0.517. The Morgan fingerprint density at radius 2 is 2.12 bits per heavy atom. The normalized spacial score (nSPS) is 30.2. The Kier molecular flexibility index (Phi) is 4.92. The third kappa shape index (κ3) is 3.56. The van der Waals surface area contributed by atoms with Crippen molar-refractivity contribution in [2.45, 2.75) is 51.3 Å². The molecule has 0 amide bonds. The predicted octanol–water partition coefficient (Wildman–Crippen LogP) is 2.09. The third-order valence-electron chi connectivity index (χ3n) is 2.52. The van der Waals surface area contributed by atoms with Gasteiger partial charge in [0.05, 0.1) is 12.2 Å². The number of ether oxygens (including phenoxy) is 4.